The Morgan fingerprint density at radius 2 is 1.82 bits per heavy atom. The van der Waals surface area contributed by atoms with Crippen molar-refractivity contribution in [3.05, 3.63) is 65.9 Å². The summed E-state index contributed by atoms with van der Waals surface area (Å²) in [5.74, 6) is 0. The van der Waals surface area contributed by atoms with Gasteiger partial charge in [0.2, 0.25) is 0 Å². The zero-order valence-corrected chi connectivity index (χ0v) is 15.8. The predicted molar refractivity (Wildman–Crippen MR) is 106 cm³/mol. The molecule has 3 aromatic rings. The van der Waals surface area contributed by atoms with E-state index in [2.05, 4.69) is 11.9 Å². The number of aliphatic hydroxyl groups is 1. The Morgan fingerprint density at radius 1 is 1.00 bits per heavy atom. The van der Waals surface area contributed by atoms with Crippen molar-refractivity contribution in [3.8, 4) is 11.1 Å². The van der Waals surface area contributed by atoms with Crippen LogP contribution in [0.5, 0.6) is 0 Å². The van der Waals surface area contributed by atoms with Gasteiger partial charge in [-0.2, -0.15) is 13.2 Å². The molecule has 0 saturated carbocycles. The molecule has 1 N–H and O–H groups in total. The van der Waals surface area contributed by atoms with Crippen LogP contribution in [0.15, 0.2) is 54.7 Å². The molecular formula is C23H24F3NO. The number of hydrogen-bond acceptors (Lipinski definition) is 2. The number of halogens is 3. The maximum atomic E-state index is 13.2. The van der Waals surface area contributed by atoms with Crippen LogP contribution in [0.4, 0.5) is 13.2 Å². The second-order valence-electron chi connectivity index (χ2n) is 7.09. The fourth-order valence-electron chi connectivity index (χ4n) is 3.42. The van der Waals surface area contributed by atoms with Crippen molar-refractivity contribution < 1.29 is 18.3 Å². The van der Waals surface area contributed by atoms with Crippen molar-refractivity contribution in [1.29, 1.82) is 0 Å². The third kappa shape index (κ3) is 4.71. The second kappa shape index (κ2) is 8.74. The number of aliphatic hydroxyl groups excluding tert-OH is 1. The molecule has 0 radical (unpaired) electrons. The molecule has 0 saturated heterocycles. The fraction of sp³-hybridized carbons (Fsp3) is 0.348. The SMILES string of the molecule is CCCCCCC(O)c1cc(-c2cccc(C(F)(F)F)c2)c2ncccc2c1. The molecule has 0 aliphatic rings. The minimum Gasteiger partial charge on any atom is -0.388 e. The van der Waals surface area contributed by atoms with Gasteiger partial charge in [0, 0.05) is 17.1 Å². The average molecular weight is 387 g/mol. The zero-order valence-electron chi connectivity index (χ0n) is 15.8. The third-order valence-electron chi connectivity index (χ3n) is 4.94. The Morgan fingerprint density at radius 3 is 2.57 bits per heavy atom. The average Bonchev–Trinajstić information content (AvgIpc) is 2.69. The van der Waals surface area contributed by atoms with E-state index in [0.29, 0.717) is 28.6 Å². The van der Waals surface area contributed by atoms with E-state index in [4.69, 9.17) is 0 Å². The highest BCUT2D eigenvalue weighted by atomic mass is 19.4. The molecule has 0 spiro atoms. The minimum atomic E-state index is -4.41. The summed E-state index contributed by atoms with van der Waals surface area (Å²) in [5.41, 5.74) is 1.69. The van der Waals surface area contributed by atoms with Gasteiger partial charge in [0.1, 0.15) is 0 Å². The van der Waals surface area contributed by atoms with Crippen LogP contribution in [-0.2, 0) is 6.18 Å². The molecule has 5 heteroatoms. The molecule has 0 fully saturated rings. The highest BCUT2D eigenvalue weighted by Crippen LogP contribution is 2.36. The van der Waals surface area contributed by atoms with Gasteiger partial charge < -0.3 is 5.11 Å². The summed E-state index contributed by atoms with van der Waals surface area (Å²) < 4.78 is 39.5. The van der Waals surface area contributed by atoms with E-state index in [9.17, 15) is 18.3 Å². The fourth-order valence-corrected chi connectivity index (χ4v) is 3.42. The summed E-state index contributed by atoms with van der Waals surface area (Å²) in [4.78, 5) is 4.37. The van der Waals surface area contributed by atoms with Crippen molar-refractivity contribution >= 4 is 10.9 Å². The molecule has 28 heavy (non-hydrogen) atoms. The highest BCUT2D eigenvalue weighted by Gasteiger charge is 2.30. The van der Waals surface area contributed by atoms with E-state index < -0.39 is 17.8 Å². The van der Waals surface area contributed by atoms with Gasteiger partial charge in [0.15, 0.2) is 0 Å². The summed E-state index contributed by atoms with van der Waals surface area (Å²) in [6, 6.07) is 12.6. The smallest absolute Gasteiger partial charge is 0.388 e. The van der Waals surface area contributed by atoms with Gasteiger partial charge in [-0.1, -0.05) is 50.8 Å². The molecule has 0 bridgehead atoms. The van der Waals surface area contributed by atoms with Gasteiger partial charge in [-0.05, 0) is 47.9 Å². The number of fused-ring (bicyclic) bond motifs is 1. The van der Waals surface area contributed by atoms with Crippen molar-refractivity contribution in [2.45, 2.75) is 51.3 Å². The number of rotatable bonds is 7. The normalized spacial score (nSPS) is 13.0. The lowest BCUT2D eigenvalue weighted by molar-refractivity contribution is -0.137. The summed E-state index contributed by atoms with van der Waals surface area (Å²) in [6.07, 6.45) is 1.43. The van der Waals surface area contributed by atoms with E-state index in [1.807, 2.05) is 12.1 Å². The Bertz CT molecular complexity index is 937. The van der Waals surface area contributed by atoms with Crippen LogP contribution in [-0.4, -0.2) is 10.1 Å². The number of pyridine rings is 1. The van der Waals surface area contributed by atoms with Crippen LogP contribution in [0.3, 0.4) is 0 Å². The lowest BCUT2D eigenvalue weighted by Crippen LogP contribution is -2.04. The van der Waals surface area contributed by atoms with Gasteiger partial charge in [-0.15, -0.1) is 0 Å². The molecule has 0 aliphatic carbocycles. The quantitative estimate of drug-likeness (QED) is 0.446. The molecule has 1 atom stereocenters. The Labute approximate surface area is 163 Å². The van der Waals surface area contributed by atoms with Crippen molar-refractivity contribution in [2.24, 2.45) is 0 Å². The first-order chi connectivity index (χ1) is 13.4. The highest BCUT2D eigenvalue weighted by molar-refractivity contribution is 5.94. The predicted octanol–water partition coefficient (Wildman–Crippen LogP) is 6.92. The number of aromatic nitrogens is 1. The molecule has 1 aromatic heterocycles. The number of unbranched alkanes of at least 4 members (excludes halogenated alkanes) is 3. The van der Waals surface area contributed by atoms with E-state index in [0.717, 1.165) is 43.2 Å². The standard InChI is InChI=1S/C23H24F3NO/c1-2-3-4-5-11-21(28)18-13-17-9-7-12-27-22(17)20(15-18)16-8-6-10-19(14-16)23(24,25)26/h6-10,12-15,21,28H,2-5,11H2,1H3. The minimum absolute atomic E-state index is 0.443. The molecule has 3 rings (SSSR count). The van der Waals surface area contributed by atoms with E-state index in [1.165, 1.54) is 6.07 Å². The molecule has 148 valence electrons. The van der Waals surface area contributed by atoms with Gasteiger partial charge in [-0.25, -0.2) is 0 Å². The molecule has 2 aromatic carbocycles. The lowest BCUT2D eigenvalue weighted by atomic mass is 9.94. The monoisotopic (exact) mass is 387 g/mol. The summed E-state index contributed by atoms with van der Waals surface area (Å²) in [5, 5.41) is 11.4. The van der Waals surface area contributed by atoms with Crippen LogP contribution < -0.4 is 0 Å². The molecule has 0 aliphatic heterocycles. The number of alkyl halides is 3. The van der Waals surface area contributed by atoms with Crippen LogP contribution in [0.1, 0.15) is 56.3 Å². The van der Waals surface area contributed by atoms with Crippen LogP contribution in [0.25, 0.3) is 22.0 Å². The van der Waals surface area contributed by atoms with Crippen molar-refractivity contribution in [2.75, 3.05) is 0 Å². The summed E-state index contributed by atoms with van der Waals surface area (Å²) in [6.45, 7) is 2.13. The first-order valence-electron chi connectivity index (χ1n) is 9.64. The number of benzene rings is 2. The maximum Gasteiger partial charge on any atom is 0.416 e. The molecular weight excluding hydrogens is 363 g/mol. The van der Waals surface area contributed by atoms with E-state index >= 15 is 0 Å². The number of hydrogen-bond donors (Lipinski definition) is 1. The largest absolute Gasteiger partial charge is 0.416 e. The van der Waals surface area contributed by atoms with Gasteiger partial charge in [0.05, 0.1) is 17.2 Å². The molecule has 0 amide bonds. The van der Waals surface area contributed by atoms with E-state index in [-0.39, 0.29) is 0 Å². The first-order valence-corrected chi connectivity index (χ1v) is 9.64. The van der Waals surface area contributed by atoms with Gasteiger partial charge >= 0.3 is 6.18 Å². The number of nitrogens with zero attached hydrogens (tertiary/aromatic N) is 1. The zero-order chi connectivity index (χ0) is 20.1. The maximum absolute atomic E-state index is 13.2. The van der Waals surface area contributed by atoms with Crippen LogP contribution in [0, 0.1) is 0 Å². The topological polar surface area (TPSA) is 33.1 Å². The third-order valence-corrected chi connectivity index (χ3v) is 4.94. The Kier molecular flexibility index (Phi) is 6.35. The van der Waals surface area contributed by atoms with E-state index in [1.54, 1.807) is 24.4 Å². The van der Waals surface area contributed by atoms with Crippen molar-refractivity contribution in [3.63, 3.8) is 0 Å². The second-order valence-corrected chi connectivity index (χ2v) is 7.09. The first kappa shape index (κ1) is 20.3. The summed E-state index contributed by atoms with van der Waals surface area (Å²) in [7, 11) is 0. The lowest BCUT2D eigenvalue weighted by Gasteiger charge is -2.16. The van der Waals surface area contributed by atoms with Crippen LogP contribution in [0.2, 0.25) is 0 Å². The Hall–Kier alpha value is -2.40. The summed E-state index contributed by atoms with van der Waals surface area (Å²) >= 11 is 0. The van der Waals surface area contributed by atoms with Crippen LogP contribution >= 0.6 is 0 Å². The van der Waals surface area contributed by atoms with Crippen molar-refractivity contribution in [1.82, 2.24) is 4.98 Å². The molecule has 2 nitrogen and oxygen atoms in total. The van der Waals surface area contributed by atoms with Gasteiger partial charge in [-0.3, -0.25) is 4.98 Å². The molecule has 1 unspecified atom stereocenters. The molecule has 1 heterocycles. The Balaban J connectivity index is 2.02. The van der Waals surface area contributed by atoms with Gasteiger partial charge in [0.25, 0.3) is 0 Å².